The molecule has 2 fully saturated rings. The third-order valence-electron chi connectivity index (χ3n) is 7.09. The summed E-state index contributed by atoms with van der Waals surface area (Å²) in [6.07, 6.45) is 2.02. The maximum Gasteiger partial charge on any atom is 0.337 e. The number of carbonyl (C=O) groups is 2. The van der Waals surface area contributed by atoms with Gasteiger partial charge >= 0.3 is 7.60 Å². The predicted octanol–water partition coefficient (Wildman–Crippen LogP) is 4.57. The number of ketones is 2. The third kappa shape index (κ3) is 7.29. The quantitative estimate of drug-likeness (QED) is 0.306. The summed E-state index contributed by atoms with van der Waals surface area (Å²) in [6, 6.07) is 0. The van der Waals surface area contributed by atoms with E-state index in [9.17, 15) is 14.2 Å². The maximum atomic E-state index is 12.9. The molecule has 0 aromatic rings. The van der Waals surface area contributed by atoms with Gasteiger partial charge in [0.15, 0.2) is 14.6 Å². The van der Waals surface area contributed by atoms with Crippen LogP contribution in [-0.4, -0.2) is 65.9 Å². The molecule has 10 heteroatoms. The Kier molecular flexibility index (Phi) is 9.86. The van der Waals surface area contributed by atoms with Crippen LogP contribution in [0, 0.1) is 11.8 Å². The Balaban J connectivity index is 2.16. The molecule has 0 radical (unpaired) electrons. The standard InChI is InChI=1S/C22H41O8PSi/c1-22(2,3)32(6,7)29-14-18-17(12-16(23)15-31(25,26-4)27-5)19(24)13-20(18)30-21-10-8-9-11-28-21/h17-18,20-21H,8-15H2,1-7H3. The van der Waals surface area contributed by atoms with Crippen LogP contribution in [0.3, 0.4) is 0 Å². The number of ether oxygens (including phenoxy) is 2. The lowest BCUT2D eigenvalue weighted by Gasteiger charge is -2.38. The van der Waals surface area contributed by atoms with Gasteiger partial charge in [-0.3, -0.25) is 14.2 Å². The lowest BCUT2D eigenvalue weighted by molar-refractivity contribution is -0.197. The molecule has 2 aliphatic rings. The van der Waals surface area contributed by atoms with Crippen molar-refractivity contribution in [3.63, 3.8) is 0 Å². The summed E-state index contributed by atoms with van der Waals surface area (Å²) < 4.78 is 40.6. The Morgan fingerprint density at radius 2 is 1.84 bits per heavy atom. The fourth-order valence-electron chi connectivity index (χ4n) is 3.90. The van der Waals surface area contributed by atoms with Gasteiger partial charge in [-0.25, -0.2) is 0 Å². The van der Waals surface area contributed by atoms with Crippen LogP contribution in [0.25, 0.3) is 0 Å². The summed E-state index contributed by atoms with van der Waals surface area (Å²) in [5, 5.41) is 0.0212. The lowest BCUT2D eigenvalue weighted by atomic mass is 9.90. The van der Waals surface area contributed by atoms with Crippen LogP contribution < -0.4 is 0 Å². The minimum Gasteiger partial charge on any atom is -0.416 e. The van der Waals surface area contributed by atoms with E-state index in [1.54, 1.807) is 0 Å². The molecule has 0 bridgehead atoms. The van der Waals surface area contributed by atoms with Crippen LogP contribution in [0.2, 0.25) is 18.1 Å². The van der Waals surface area contributed by atoms with Crippen molar-refractivity contribution in [3.8, 4) is 0 Å². The van der Waals surface area contributed by atoms with Crippen molar-refractivity contribution in [1.82, 2.24) is 0 Å². The molecule has 0 N–H and O–H groups in total. The topological polar surface area (TPSA) is 97.4 Å². The highest BCUT2D eigenvalue weighted by Crippen LogP contribution is 2.47. The number of hydrogen-bond donors (Lipinski definition) is 0. The molecule has 8 nitrogen and oxygen atoms in total. The molecule has 4 atom stereocenters. The van der Waals surface area contributed by atoms with Crippen molar-refractivity contribution in [2.75, 3.05) is 33.6 Å². The number of hydrogen-bond acceptors (Lipinski definition) is 8. The van der Waals surface area contributed by atoms with Crippen molar-refractivity contribution < 1.29 is 37.1 Å². The molecular weight excluding hydrogens is 451 g/mol. The molecular formula is C22H41O8PSi. The van der Waals surface area contributed by atoms with Gasteiger partial charge in [-0.15, -0.1) is 0 Å². The lowest BCUT2D eigenvalue weighted by Crippen LogP contribution is -2.44. The number of rotatable bonds is 11. The van der Waals surface area contributed by atoms with Crippen LogP contribution in [-0.2, 0) is 37.1 Å². The van der Waals surface area contributed by atoms with Gasteiger partial charge in [0.1, 0.15) is 17.7 Å². The molecule has 0 amide bonds. The molecule has 1 saturated heterocycles. The van der Waals surface area contributed by atoms with Crippen molar-refractivity contribution in [2.24, 2.45) is 11.8 Å². The van der Waals surface area contributed by atoms with E-state index in [1.165, 1.54) is 14.2 Å². The van der Waals surface area contributed by atoms with Crippen LogP contribution in [0.1, 0.15) is 52.9 Å². The first-order valence-corrected chi connectivity index (χ1v) is 16.1. The van der Waals surface area contributed by atoms with E-state index in [0.717, 1.165) is 19.3 Å². The third-order valence-corrected chi connectivity index (χ3v) is 13.4. The van der Waals surface area contributed by atoms with Gasteiger partial charge in [0.2, 0.25) is 0 Å². The zero-order chi connectivity index (χ0) is 24.2. The number of Topliss-reactive ketones (excluding diaryl/α,β-unsaturated/α-hetero) is 2. The highest BCUT2D eigenvalue weighted by atomic mass is 31.2. The molecule has 0 aromatic heterocycles. The molecule has 186 valence electrons. The van der Waals surface area contributed by atoms with Crippen LogP contribution in [0.15, 0.2) is 0 Å². The molecule has 32 heavy (non-hydrogen) atoms. The van der Waals surface area contributed by atoms with Gasteiger partial charge < -0.3 is 22.9 Å². The largest absolute Gasteiger partial charge is 0.416 e. The van der Waals surface area contributed by atoms with E-state index in [1.807, 2.05) is 0 Å². The van der Waals surface area contributed by atoms with Gasteiger partial charge in [0, 0.05) is 52.1 Å². The minimum absolute atomic E-state index is 0.0207. The van der Waals surface area contributed by atoms with Gasteiger partial charge in [-0.2, -0.15) is 0 Å². The Labute approximate surface area is 193 Å². The molecule has 1 saturated carbocycles. The van der Waals surface area contributed by atoms with E-state index in [2.05, 4.69) is 33.9 Å². The van der Waals surface area contributed by atoms with Gasteiger partial charge in [-0.1, -0.05) is 20.8 Å². The molecule has 0 aromatic carbocycles. The zero-order valence-corrected chi connectivity index (χ0v) is 22.6. The zero-order valence-electron chi connectivity index (χ0n) is 20.7. The first-order chi connectivity index (χ1) is 14.8. The molecule has 0 spiro atoms. The van der Waals surface area contributed by atoms with Crippen LogP contribution in [0.5, 0.6) is 0 Å². The molecule has 4 unspecified atom stereocenters. The van der Waals surface area contributed by atoms with Crippen molar-refractivity contribution in [1.29, 1.82) is 0 Å². The van der Waals surface area contributed by atoms with Crippen molar-refractivity contribution >= 4 is 27.5 Å². The van der Waals surface area contributed by atoms with Crippen LogP contribution >= 0.6 is 7.60 Å². The minimum atomic E-state index is -3.48. The van der Waals surface area contributed by atoms with Gasteiger partial charge in [-0.05, 0) is 37.4 Å². The summed E-state index contributed by atoms with van der Waals surface area (Å²) in [7, 11) is -3.04. The molecule has 2 rings (SSSR count). The second-order valence-corrected chi connectivity index (χ2v) is 17.4. The van der Waals surface area contributed by atoms with E-state index < -0.39 is 21.8 Å². The highest BCUT2D eigenvalue weighted by Gasteiger charge is 2.47. The normalized spacial score (nSPS) is 27.7. The second kappa shape index (κ2) is 11.3. The second-order valence-electron chi connectivity index (χ2n) is 10.4. The summed E-state index contributed by atoms with van der Waals surface area (Å²) >= 11 is 0. The monoisotopic (exact) mass is 492 g/mol. The van der Waals surface area contributed by atoms with E-state index in [0.29, 0.717) is 13.2 Å². The smallest absolute Gasteiger partial charge is 0.337 e. The summed E-state index contributed by atoms with van der Waals surface area (Å²) in [6.45, 7) is 11.8. The average Bonchev–Trinajstić information content (AvgIpc) is 3.00. The SMILES string of the molecule is COP(=O)(CC(=O)CC1C(=O)CC(OC2CCCCO2)C1CO[Si](C)(C)C(C)(C)C)OC. The first-order valence-electron chi connectivity index (χ1n) is 11.5. The predicted molar refractivity (Wildman–Crippen MR) is 124 cm³/mol. The van der Waals surface area contributed by atoms with Crippen LogP contribution in [0.4, 0.5) is 0 Å². The molecule has 1 aliphatic carbocycles. The Morgan fingerprint density at radius 3 is 2.38 bits per heavy atom. The fraction of sp³-hybridized carbons (Fsp3) is 0.909. The Morgan fingerprint density at radius 1 is 1.19 bits per heavy atom. The Hall–Kier alpha value is -0.413. The number of carbonyl (C=O) groups excluding carboxylic acids is 2. The maximum absolute atomic E-state index is 12.9. The van der Waals surface area contributed by atoms with E-state index in [-0.39, 0.29) is 53.9 Å². The highest BCUT2D eigenvalue weighted by molar-refractivity contribution is 7.54. The van der Waals surface area contributed by atoms with Gasteiger partial charge in [0.05, 0.1) is 6.10 Å². The summed E-state index contributed by atoms with van der Waals surface area (Å²) in [5.41, 5.74) is 0. The molecule has 1 aliphatic heterocycles. The van der Waals surface area contributed by atoms with Gasteiger partial charge in [0.25, 0.3) is 0 Å². The summed E-state index contributed by atoms with van der Waals surface area (Å²) in [4.78, 5) is 25.6. The fourth-order valence-corrected chi connectivity index (χ4v) is 5.91. The summed E-state index contributed by atoms with van der Waals surface area (Å²) in [5.74, 6) is -1.13. The average molecular weight is 493 g/mol. The Bertz CT molecular complexity index is 691. The van der Waals surface area contributed by atoms with Crippen molar-refractivity contribution in [2.45, 2.75) is 83.4 Å². The first kappa shape index (κ1) is 27.8. The van der Waals surface area contributed by atoms with Crippen molar-refractivity contribution in [3.05, 3.63) is 0 Å². The molecule has 1 heterocycles. The van der Waals surface area contributed by atoms with E-state index >= 15 is 0 Å². The van der Waals surface area contributed by atoms with E-state index in [4.69, 9.17) is 22.9 Å².